The first kappa shape index (κ1) is 17.1. The molecule has 0 atom stereocenters. The predicted octanol–water partition coefficient (Wildman–Crippen LogP) is 5.20. The van der Waals surface area contributed by atoms with Gasteiger partial charge in [-0.25, -0.2) is 4.98 Å². The summed E-state index contributed by atoms with van der Waals surface area (Å²) in [4.78, 5) is 16.8. The Morgan fingerprint density at radius 1 is 1.21 bits per heavy atom. The zero-order valence-electron chi connectivity index (χ0n) is 12.6. The first-order valence-corrected chi connectivity index (χ1v) is 9.41. The van der Waals surface area contributed by atoms with Crippen molar-refractivity contribution in [3.63, 3.8) is 0 Å². The minimum Gasteiger partial charge on any atom is -0.352 e. The van der Waals surface area contributed by atoms with Crippen molar-refractivity contribution < 1.29 is 4.79 Å². The van der Waals surface area contributed by atoms with E-state index in [1.807, 2.05) is 35.7 Å². The summed E-state index contributed by atoms with van der Waals surface area (Å²) in [6, 6.07) is 15.3. The third-order valence-electron chi connectivity index (χ3n) is 3.41. The number of nitrogens with one attached hydrogen (secondary N) is 1. The molecule has 1 amide bonds. The first-order chi connectivity index (χ1) is 11.6. The minimum absolute atomic E-state index is 0.181. The van der Waals surface area contributed by atoms with Crippen LogP contribution < -0.4 is 5.32 Å². The van der Waals surface area contributed by atoms with Crippen LogP contribution in [0, 0.1) is 0 Å². The van der Waals surface area contributed by atoms with Gasteiger partial charge in [0.2, 0.25) is 0 Å². The molecule has 0 bridgehead atoms. The Labute approximate surface area is 157 Å². The summed E-state index contributed by atoms with van der Waals surface area (Å²) in [7, 11) is 0. The van der Waals surface area contributed by atoms with E-state index in [1.165, 1.54) is 0 Å². The molecular weight excluding hydrogens is 408 g/mol. The number of hydrogen-bond donors (Lipinski definition) is 1. The van der Waals surface area contributed by atoms with Gasteiger partial charge in [-0.05, 0) is 18.2 Å². The maximum Gasteiger partial charge on any atom is 0.252 e. The molecule has 0 aliphatic heterocycles. The van der Waals surface area contributed by atoms with Gasteiger partial charge in [0.15, 0.2) is 0 Å². The maximum absolute atomic E-state index is 12.2. The zero-order chi connectivity index (χ0) is 16.9. The molecule has 6 heteroatoms. The van der Waals surface area contributed by atoms with Crippen LogP contribution in [0.4, 0.5) is 0 Å². The molecule has 1 heterocycles. The fraction of sp³-hybridized carbons (Fsp3) is 0.111. The van der Waals surface area contributed by atoms with E-state index in [4.69, 9.17) is 11.6 Å². The van der Waals surface area contributed by atoms with Crippen LogP contribution in [0.1, 0.15) is 16.1 Å². The van der Waals surface area contributed by atoms with E-state index in [-0.39, 0.29) is 5.91 Å². The highest BCUT2D eigenvalue weighted by atomic mass is 79.9. The largest absolute Gasteiger partial charge is 0.352 e. The van der Waals surface area contributed by atoms with Gasteiger partial charge >= 0.3 is 0 Å². The number of carbonyl (C=O) groups is 1. The summed E-state index contributed by atoms with van der Waals surface area (Å²) in [5, 5.41) is 6.35. The smallest absolute Gasteiger partial charge is 0.252 e. The molecule has 0 fully saturated rings. The third kappa shape index (κ3) is 4.23. The summed E-state index contributed by atoms with van der Waals surface area (Å²) >= 11 is 11.0. The number of halogens is 2. The van der Waals surface area contributed by atoms with Crippen LogP contribution in [0.2, 0.25) is 5.02 Å². The topological polar surface area (TPSA) is 42.0 Å². The Bertz CT molecular complexity index is 851. The molecule has 0 aliphatic rings. The molecule has 3 rings (SSSR count). The van der Waals surface area contributed by atoms with Crippen LogP contribution in [-0.4, -0.2) is 17.4 Å². The monoisotopic (exact) mass is 420 g/mol. The fourth-order valence-corrected chi connectivity index (χ4v) is 3.63. The van der Waals surface area contributed by atoms with Crippen LogP contribution in [0.5, 0.6) is 0 Å². The molecule has 122 valence electrons. The Hall–Kier alpha value is -1.69. The van der Waals surface area contributed by atoms with E-state index in [0.717, 1.165) is 20.7 Å². The van der Waals surface area contributed by atoms with Crippen LogP contribution in [-0.2, 0) is 6.42 Å². The summed E-state index contributed by atoms with van der Waals surface area (Å²) in [5.74, 6) is -0.181. The molecule has 0 spiro atoms. The van der Waals surface area contributed by atoms with Crippen molar-refractivity contribution in [2.45, 2.75) is 6.42 Å². The second kappa shape index (κ2) is 7.92. The van der Waals surface area contributed by atoms with Crippen LogP contribution in [0.15, 0.2) is 58.4 Å². The molecule has 0 saturated carbocycles. The second-order valence-corrected chi connectivity index (χ2v) is 7.32. The average molecular weight is 422 g/mol. The molecule has 0 radical (unpaired) electrons. The summed E-state index contributed by atoms with van der Waals surface area (Å²) < 4.78 is 0.823. The summed E-state index contributed by atoms with van der Waals surface area (Å²) in [6.45, 7) is 0.514. The van der Waals surface area contributed by atoms with Crippen molar-refractivity contribution in [1.82, 2.24) is 10.3 Å². The molecule has 0 unspecified atom stereocenters. The van der Waals surface area contributed by atoms with Gasteiger partial charge in [-0.2, -0.15) is 0 Å². The highest BCUT2D eigenvalue weighted by molar-refractivity contribution is 9.10. The molecule has 2 aromatic carbocycles. The summed E-state index contributed by atoms with van der Waals surface area (Å²) in [6.07, 6.45) is 0.681. The lowest BCUT2D eigenvalue weighted by atomic mass is 10.2. The molecule has 1 N–H and O–H groups in total. The maximum atomic E-state index is 12.2. The van der Waals surface area contributed by atoms with Crippen molar-refractivity contribution in [3.8, 4) is 10.6 Å². The first-order valence-electron chi connectivity index (χ1n) is 7.36. The van der Waals surface area contributed by atoms with Crippen molar-refractivity contribution in [2.24, 2.45) is 0 Å². The molecule has 3 nitrogen and oxygen atoms in total. The SMILES string of the molecule is O=C(NCCc1csc(-c2ccccc2)n1)c1cc(Br)ccc1Cl. The lowest BCUT2D eigenvalue weighted by molar-refractivity contribution is 0.0954. The van der Waals surface area contributed by atoms with Gasteiger partial charge in [0.25, 0.3) is 5.91 Å². The van der Waals surface area contributed by atoms with E-state index in [2.05, 4.69) is 26.2 Å². The Kier molecular flexibility index (Phi) is 5.66. The quantitative estimate of drug-likeness (QED) is 0.615. The highest BCUT2D eigenvalue weighted by Crippen LogP contribution is 2.23. The van der Waals surface area contributed by atoms with Crippen molar-refractivity contribution in [1.29, 1.82) is 0 Å². The number of nitrogens with zero attached hydrogens (tertiary/aromatic N) is 1. The second-order valence-electron chi connectivity index (χ2n) is 5.14. The van der Waals surface area contributed by atoms with Gasteiger partial charge in [0.1, 0.15) is 5.01 Å². The van der Waals surface area contributed by atoms with E-state index < -0.39 is 0 Å². The van der Waals surface area contributed by atoms with Gasteiger partial charge in [0.05, 0.1) is 16.3 Å². The zero-order valence-corrected chi connectivity index (χ0v) is 15.8. The molecule has 3 aromatic rings. The standard InChI is InChI=1S/C18H14BrClN2OS/c19-13-6-7-16(20)15(10-13)17(23)21-9-8-14-11-24-18(22-14)12-4-2-1-3-5-12/h1-7,10-11H,8-9H2,(H,21,23). The number of aromatic nitrogens is 1. The fourth-order valence-electron chi connectivity index (χ4n) is 2.21. The number of amides is 1. The predicted molar refractivity (Wildman–Crippen MR) is 103 cm³/mol. The lowest BCUT2D eigenvalue weighted by Crippen LogP contribution is -2.26. The van der Waals surface area contributed by atoms with Gasteiger partial charge < -0.3 is 5.32 Å². The van der Waals surface area contributed by atoms with Gasteiger partial charge in [-0.1, -0.05) is 57.9 Å². The van der Waals surface area contributed by atoms with Gasteiger partial charge in [-0.15, -0.1) is 11.3 Å². The van der Waals surface area contributed by atoms with Crippen molar-refractivity contribution in [2.75, 3.05) is 6.54 Å². The van der Waals surface area contributed by atoms with Gasteiger partial charge in [-0.3, -0.25) is 4.79 Å². The molecular formula is C18H14BrClN2OS. The van der Waals surface area contributed by atoms with Crippen LogP contribution in [0.25, 0.3) is 10.6 Å². The Morgan fingerprint density at radius 2 is 2.00 bits per heavy atom. The van der Waals surface area contributed by atoms with Gasteiger partial charge in [0, 0.05) is 28.4 Å². The normalized spacial score (nSPS) is 10.6. The number of carbonyl (C=O) groups excluding carboxylic acids is 1. The molecule has 24 heavy (non-hydrogen) atoms. The van der Waals surface area contributed by atoms with Crippen molar-refractivity contribution >= 4 is 44.8 Å². The van der Waals surface area contributed by atoms with Crippen LogP contribution >= 0.6 is 38.9 Å². The van der Waals surface area contributed by atoms with Crippen LogP contribution in [0.3, 0.4) is 0 Å². The number of rotatable bonds is 5. The van der Waals surface area contributed by atoms with E-state index in [0.29, 0.717) is 23.6 Å². The number of thiazole rings is 1. The minimum atomic E-state index is -0.181. The number of benzene rings is 2. The third-order valence-corrected chi connectivity index (χ3v) is 5.18. The van der Waals surface area contributed by atoms with E-state index >= 15 is 0 Å². The van der Waals surface area contributed by atoms with E-state index in [9.17, 15) is 4.79 Å². The average Bonchev–Trinajstić information content (AvgIpc) is 3.06. The highest BCUT2D eigenvalue weighted by Gasteiger charge is 2.11. The van der Waals surface area contributed by atoms with E-state index in [1.54, 1.807) is 29.5 Å². The number of hydrogen-bond acceptors (Lipinski definition) is 3. The lowest BCUT2D eigenvalue weighted by Gasteiger charge is -2.06. The molecule has 0 aliphatic carbocycles. The molecule has 0 saturated heterocycles. The Morgan fingerprint density at radius 3 is 2.79 bits per heavy atom. The Balaban J connectivity index is 1.58. The van der Waals surface area contributed by atoms with Crippen molar-refractivity contribution in [3.05, 3.63) is 74.7 Å². The molecule has 1 aromatic heterocycles. The summed E-state index contributed by atoms with van der Waals surface area (Å²) in [5.41, 5.74) is 2.55.